The van der Waals surface area contributed by atoms with Gasteiger partial charge in [-0.15, -0.1) is 11.3 Å². The summed E-state index contributed by atoms with van der Waals surface area (Å²) < 4.78 is 5.98. The van der Waals surface area contributed by atoms with Gasteiger partial charge >= 0.3 is 0 Å². The molecule has 7 nitrogen and oxygen atoms in total. The quantitative estimate of drug-likeness (QED) is 0.459. The first-order valence-corrected chi connectivity index (χ1v) is 13.4. The van der Waals surface area contributed by atoms with Crippen LogP contribution in [0.3, 0.4) is 0 Å². The number of hydrogen-bond donors (Lipinski definition) is 2. The molecule has 5 rings (SSSR count). The molecule has 8 heteroatoms. The van der Waals surface area contributed by atoms with Crippen molar-refractivity contribution in [1.29, 1.82) is 0 Å². The molecule has 1 aromatic carbocycles. The van der Waals surface area contributed by atoms with E-state index >= 15 is 0 Å². The summed E-state index contributed by atoms with van der Waals surface area (Å²) in [6.07, 6.45) is 9.88. The fourth-order valence-electron chi connectivity index (χ4n) is 5.07. The van der Waals surface area contributed by atoms with Crippen LogP contribution in [0.4, 0.5) is 5.95 Å². The summed E-state index contributed by atoms with van der Waals surface area (Å²) in [4.78, 5) is 35.7. The molecule has 0 spiro atoms. The normalized spacial score (nSPS) is 18.4. The van der Waals surface area contributed by atoms with Crippen molar-refractivity contribution in [1.82, 2.24) is 15.3 Å². The molecule has 1 fully saturated rings. The third-order valence-electron chi connectivity index (χ3n) is 7.02. The van der Waals surface area contributed by atoms with Gasteiger partial charge in [0.1, 0.15) is 10.4 Å². The molecular formula is C27H32N4O3S. The van der Waals surface area contributed by atoms with Gasteiger partial charge in [0, 0.05) is 30.6 Å². The lowest BCUT2D eigenvalue weighted by atomic mass is 9.96. The number of fused-ring (bicyclic) bond motifs is 1. The van der Waals surface area contributed by atoms with Crippen LogP contribution in [0.2, 0.25) is 0 Å². The van der Waals surface area contributed by atoms with Crippen LogP contribution in [0.5, 0.6) is 5.75 Å². The number of ether oxygens (including phenoxy) is 1. The van der Waals surface area contributed by atoms with Crippen LogP contribution in [0.1, 0.15) is 44.9 Å². The number of benzene rings is 1. The van der Waals surface area contributed by atoms with E-state index in [1.807, 2.05) is 34.5 Å². The predicted octanol–water partition coefficient (Wildman–Crippen LogP) is 4.88. The lowest BCUT2D eigenvalue weighted by Crippen LogP contribution is -2.44. The Hall–Kier alpha value is -3.13. The Morgan fingerprint density at radius 2 is 2.23 bits per heavy atom. The molecule has 1 saturated heterocycles. The fraction of sp³-hybridized carbons (Fsp3) is 0.444. The standard InChI is InChI=1S/C27H32N4O3S/c1-34-21-11-5-9-19(15-21)22-17-35-24-23(22)29-27(30-26(24)33)31-14-6-10-20(16-31)25(32)28-13-12-18-7-3-2-4-8-18/h5,7,9,11,15,17,20H,2-4,6,8,10,12-14,16H2,1H3,(H,28,32)(H,29,30,33)/t20-/m0/s1. The Kier molecular flexibility index (Phi) is 7.18. The van der Waals surface area contributed by atoms with E-state index in [-0.39, 0.29) is 17.4 Å². The first kappa shape index (κ1) is 23.6. The summed E-state index contributed by atoms with van der Waals surface area (Å²) >= 11 is 1.40. The molecule has 0 unspecified atom stereocenters. The molecule has 3 aromatic rings. The number of piperidine rings is 1. The van der Waals surface area contributed by atoms with Crippen LogP contribution >= 0.6 is 11.3 Å². The lowest BCUT2D eigenvalue weighted by molar-refractivity contribution is -0.125. The van der Waals surface area contributed by atoms with Crippen LogP contribution in [-0.4, -0.2) is 42.6 Å². The van der Waals surface area contributed by atoms with Gasteiger partial charge in [-0.25, -0.2) is 4.98 Å². The second kappa shape index (κ2) is 10.6. The van der Waals surface area contributed by atoms with Gasteiger partial charge < -0.3 is 15.0 Å². The van der Waals surface area contributed by atoms with Gasteiger partial charge in [0.15, 0.2) is 0 Å². The van der Waals surface area contributed by atoms with E-state index in [1.165, 1.54) is 36.2 Å². The molecule has 0 radical (unpaired) electrons. The van der Waals surface area contributed by atoms with Crippen molar-refractivity contribution in [2.45, 2.75) is 44.9 Å². The number of carbonyl (C=O) groups excluding carboxylic acids is 1. The number of methoxy groups -OCH3 is 1. The monoisotopic (exact) mass is 492 g/mol. The van der Waals surface area contributed by atoms with Gasteiger partial charge in [0.25, 0.3) is 5.56 Å². The van der Waals surface area contributed by atoms with E-state index < -0.39 is 0 Å². The molecule has 35 heavy (non-hydrogen) atoms. The van der Waals surface area contributed by atoms with Crippen molar-refractivity contribution >= 4 is 33.4 Å². The van der Waals surface area contributed by atoms with Crippen molar-refractivity contribution < 1.29 is 9.53 Å². The summed E-state index contributed by atoms with van der Waals surface area (Å²) in [5.74, 6) is 1.29. The highest BCUT2D eigenvalue weighted by atomic mass is 32.1. The average Bonchev–Trinajstić information content (AvgIpc) is 3.34. The maximum Gasteiger partial charge on any atom is 0.270 e. The summed E-state index contributed by atoms with van der Waals surface area (Å²) in [6.45, 7) is 2.02. The van der Waals surface area contributed by atoms with Crippen molar-refractivity contribution in [3.8, 4) is 16.9 Å². The minimum Gasteiger partial charge on any atom is -0.497 e. The van der Waals surface area contributed by atoms with Crippen molar-refractivity contribution in [3.63, 3.8) is 0 Å². The van der Waals surface area contributed by atoms with Crippen molar-refractivity contribution in [2.75, 3.05) is 31.6 Å². The van der Waals surface area contributed by atoms with Crippen LogP contribution in [0.25, 0.3) is 21.3 Å². The molecule has 2 aromatic heterocycles. The number of H-pyrrole nitrogens is 1. The SMILES string of the molecule is COc1cccc(-c2csc3c(=O)[nH]c(N4CCC[C@H](C(=O)NCCC5=CCCCC5)C4)nc23)c1. The van der Waals surface area contributed by atoms with Gasteiger partial charge in [-0.05, 0) is 62.6 Å². The lowest BCUT2D eigenvalue weighted by Gasteiger charge is -2.32. The average molecular weight is 493 g/mol. The van der Waals surface area contributed by atoms with Crippen LogP contribution in [-0.2, 0) is 4.79 Å². The van der Waals surface area contributed by atoms with Gasteiger partial charge in [-0.3, -0.25) is 14.6 Å². The highest BCUT2D eigenvalue weighted by Crippen LogP contribution is 2.33. The molecule has 1 aliphatic carbocycles. The smallest absolute Gasteiger partial charge is 0.270 e. The number of hydrogen-bond acceptors (Lipinski definition) is 6. The molecule has 1 atom stereocenters. The van der Waals surface area contributed by atoms with Gasteiger partial charge in [0.05, 0.1) is 18.5 Å². The Bertz CT molecular complexity index is 1300. The Morgan fingerprint density at radius 3 is 3.06 bits per heavy atom. The third kappa shape index (κ3) is 5.27. The molecule has 1 aliphatic heterocycles. The first-order chi connectivity index (χ1) is 17.1. The molecular weight excluding hydrogens is 460 g/mol. The maximum atomic E-state index is 12.9. The second-order valence-electron chi connectivity index (χ2n) is 9.38. The summed E-state index contributed by atoms with van der Waals surface area (Å²) in [5.41, 5.74) is 3.90. The zero-order chi connectivity index (χ0) is 24.2. The number of amides is 1. The molecule has 0 saturated carbocycles. The van der Waals surface area contributed by atoms with E-state index in [0.717, 1.165) is 49.1 Å². The number of allylic oxidation sites excluding steroid dienone is 1. The molecule has 2 N–H and O–H groups in total. The largest absolute Gasteiger partial charge is 0.497 e. The van der Waals surface area contributed by atoms with Crippen LogP contribution < -0.4 is 20.5 Å². The highest BCUT2D eigenvalue weighted by Gasteiger charge is 2.27. The van der Waals surface area contributed by atoms with E-state index in [0.29, 0.717) is 29.3 Å². The van der Waals surface area contributed by atoms with E-state index in [4.69, 9.17) is 9.72 Å². The molecule has 0 bridgehead atoms. The molecule has 3 heterocycles. The number of aromatic nitrogens is 2. The number of thiophene rings is 1. The topological polar surface area (TPSA) is 87.3 Å². The Balaban J connectivity index is 1.31. The summed E-state index contributed by atoms with van der Waals surface area (Å²) in [6, 6.07) is 7.78. The molecule has 184 valence electrons. The third-order valence-corrected chi connectivity index (χ3v) is 7.98. The molecule has 2 aliphatic rings. The fourth-order valence-corrected chi connectivity index (χ4v) is 5.98. The zero-order valence-corrected chi connectivity index (χ0v) is 21.0. The van der Waals surface area contributed by atoms with E-state index in [2.05, 4.69) is 16.4 Å². The number of nitrogens with one attached hydrogen (secondary N) is 2. The number of aromatic amines is 1. The summed E-state index contributed by atoms with van der Waals surface area (Å²) in [5, 5.41) is 5.11. The van der Waals surface area contributed by atoms with Crippen LogP contribution in [0.15, 0.2) is 46.1 Å². The number of rotatable bonds is 7. The van der Waals surface area contributed by atoms with Gasteiger partial charge in [-0.2, -0.15) is 0 Å². The minimum atomic E-state index is -0.142. The Labute approximate surface area is 209 Å². The van der Waals surface area contributed by atoms with Gasteiger partial charge in [0.2, 0.25) is 11.9 Å². The van der Waals surface area contributed by atoms with Crippen molar-refractivity contribution in [2.24, 2.45) is 5.92 Å². The first-order valence-electron chi connectivity index (χ1n) is 12.5. The van der Waals surface area contributed by atoms with Crippen molar-refractivity contribution in [3.05, 3.63) is 51.6 Å². The zero-order valence-electron chi connectivity index (χ0n) is 20.1. The minimum absolute atomic E-state index is 0.0992. The number of nitrogens with zero attached hydrogens (tertiary/aromatic N) is 2. The van der Waals surface area contributed by atoms with Gasteiger partial charge in [-0.1, -0.05) is 23.8 Å². The summed E-state index contributed by atoms with van der Waals surface area (Å²) in [7, 11) is 1.64. The van der Waals surface area contributed by atoms with E-state index in [1.54, 1.807) is 7.11 Å². The second-order valence-corrected chi connectivity index (χ2v) is 10.3. The Morgan fingerprint density at radius 1 is 1.31 bits per heavy atom. The predicted molar refractivity (Wildman–Crippen MR) is 141 cm³/mol. The molecule has 1 amide bonds. The maximum absolute atomic E-state index is 12.9. The number of anilines is 1. The van der Waals surface area contributed by atoms with Crippen LogP contribution in [0, 0.1) is 5.92 Å². The highest BCUT2D eigenvalue weighted by molar-refractivity contribution is 7.17. The van der Waals surface area contributed by atoms with E-state index in [9.17, 15) is 9.59 Å². The number of carbonyl (C=O) groups is 1.